The maximum Gasteiger partial charge on any atom is 0.262 e. The van der Waals surface area contributed by atoms with Crippen molar-refractivity contribution in [2.75, 3.05) is 7.05 Å². The van der Waals surface area contributed by atoms with Crippen LogP contribution in [0.25, 0.3) is 0 Å². The molecule has 1 heterocycles. The number of thiazole rings is 1. The fourth-order valence-electron chi connectivity index (χ4n) is 0.868. The average Bonchev–Trinajstić information content (AvgIpc) is 2.52. The molecular formula is C8H12N2OS. The monoisotopic (exact) mass is 184 g/mol. The van der Waals surface area contributed by atoms with Gasteiger partial charge in [0, 0.05) is 7.05 Å². The summed E-state index contributed by atoms with van der Waals surface area (Å²) in [6, 6.07) is 0. The van der Waals surface area contributed by atoms with Crippen LogP contribution >= 0.6 is 11.3 Å². The molecule has 4 heteroatoms. The number of amides is 1. The van der Waals surface area contributed by atoms with Gasteiger partial charge in [0.2, 0.25) is 0 Å². The molecule has 66 valence electrons. The lowest BCUT2D eigenvalue weighted by atomic mass is 10.4. The number of nitrogens with zero attached hydrogens (tertiary/aromatic N) is 1. The Morgan fingerprint density at radius 2 is 2.50 bits per heavy atom. The highest BCUT2D eigenvalue weighted by Crippen LogP contribution is 2.13. The van der Waals surface area contributed by atoms with Crippen molar-refractivity contribution < 1.29 is 4.79 Å². The molecule has 0 saturated heterocycles. The standard InChI is InChI=1S/C8H12N2OS/c1-3-4-7-10-5-6(12-7)8(11)9-2/h5H,3-4H2,1-2H3,(H,9,11). The Hall–Kier alpha value is -0.900. The predicted molar refractivity (Wildman–Crippen MR) is 49.5 cm³/mol. The molecule has 0 radical (unpaired) electrons. The third kappa shape index (κ3) is 2.04. The fourth-order valence-corrected chi connectivity index (χ4v) is 1.83. The molecule has 3 nitrogen and oxygen atoms in total. The van der Waals surface area contributed by atoms with Gasteiger partial charge in [-0.25, -0.2) is 4.98 Å². The minimum absolute atomic E-state index is 0.0464. The molecule has 0 atom stereocenters. The number of hydrogen-bond donors (Lipinski definition) is 1. The predicted octanol–water partition coefficient (Wildman–Crippen LogP) is 1.46. The highest BCUT2D eigenvalue weighted by atomic mass is 32.1. The van der Waals surface area contributed by atoms with Crippen LogP contribution in [0.1, 0.15) is 28.0 Å². The van der Waals surface area contributed by atoms with Gasteiger partial charge in [-0.3, -0.25) is 4.79 Å². The van der Waals surface area contributed by atoms with Crippen molar-refractivity contribution in [1.29, 1.82) is 0 Å². The van der Waals surface area contributed by atoms with Gasteiger partial charge >= 0.3 is 0 Å². The minimum atomic E-state index is -0.0464. The van der Waals surface area contributed by atoms with E-state index in [2.05, 4.69) is 17.2 Å². The largest absolute Gasteiger partial charge is 0.354 e. The maximum absolute atomic E-state index is 11.1. The first-order valence-electron chi connectivity index (χ1n) is 3.94. The molecule has 0 saturated carbocycles. The number of aromatic nitrogens is 1. The molecule has 1 aromatic rings. The highest BCUT2D eigenvalue weighted by molar-refractivity contribution is 7.13. The highest BCUT2D eigenvalue weighted by Gasteiger charge is 2.07. The second-order valence-corrected chi connectivity index (χ2v) is 3.56. The van der Waals surface area contributed by atoms with E-state index in [1.807, 2.05) is 0 Å². The summed E-state index contributed by atoms with van der Waals surface area (Å²) < 4.78 is 0. The van der Waals surface area contributed by atoms with Crippen LogP contribution in [0.2, 0.25) is 0 Å². The van der Waals surface area contributed by atoms with E-state index in [1.165, 1.54) is 11.3 Å². The molecule has 0 aromatic carbocycles. The molecule has 1 aromatic heterocycles. The van der Waals surface area contributed by atoms with Crippen LogP contribution in [0.3, 0.4) is 0 Å². The molecule has 0 aliphatic carbocycles. The van der Waals surface area contributed by atoms with Crippen LogP contribution in [0.5, 0.6) is 0 Å². The van der Waals surface area contributed by atoms with E-state index < -0.39 is 0 Å². The fraction of sp³-hybridized carbons (Fsp3) is 0.500. The Morgan fingerprint density at radius 3 is 3.08 bits per heavy atom. The third-order valence-corrected chi connectivity index (χ3v) is 2.52. The van der Waals surface area contributed by atoms with Crippen LogP contribution in [0, 0.1) is 0 Å². The summed E-state index contributed by atoms with van der Waals surface area (Å²) in [6.45, 7) is 2.10. The first-order chi connectivity index (χ1) is 5.77. The van der Waals surface area contributed by atoms with Crippen LogP contribution in [-0.2, 0) is 6.42 Å². The van der Waals surface area contributed by atoms with E-state index >= 15 is 0 Å². The van der Waals surface area contributed by atoms with Gasteiger partial charge in [0.25, 0.3) is 5.91 Å². The number of carbonyl (C=O) groups is 1. The zero-order valence-corrected chi connectivity index (χ0v) is 8.07. The van der Waals surface area contributed by atoms with Gasteiger partial charge in [-0.1, -0.05) is 6.92 Å². The summed E-state index contributed by atoms with van der Waals surface area (Å²) in [6.07, 6.45) is 3.66. The Kier molecular flexibility index (Phi) is 3.22. The number of rotatable bonds is 3. The first kappa shape index (κ1) is 9.19. The van der Waals surface area contributed by atoms with Crippen molar-refractivity contribution in [2.45, 2.75) is 19.8 Å². The van der Waals surface area contributed by atoms with Gasteiger partial charge < -0.3 is 5.32 Å². The lowest BCUT2D eigenvalue weighted by molar-refractivity contribution is 0.0967. The van der Waals surface area contributed by atoms with Crippen molar-refractivity contribution in [3.05, 3.63) is 16.1 Å². The summed E-state index contributed by atoms with van der Waals surface area (Å²) in [4.78, 5) is 15.9. The van der Waals surface area contributed by atoms with E-state index in [0.717, 1.165) is 17.8 Å². The second kappa shape index (κ2) is 4.21. The van der Waals surface area contributed by atoms with Crippen molar-refractivity contribution >= 4 is 17.2 Å². The summed E-state index contributed by atoms with van der Waals surface area (Å²) in [5.41, 5.74) is 0. The Bertz CT molecular complexity index is 270. The number of nitrogens with one attached hydrogen (secondary N) is 1. The van der Waals surface area contributed by atoms with Crippen LogP contribution in [0.4, 0.5) is 0 Å². The van der Waals surface area contributed by atoms with E-state index in [-0.39, 0.29) is 5.91 Å². The van der Waals surface area contributed by atoms with Gasteiger partial charge in [0.1, 0.15) is 4.88 Å². The molecule has 0 aliphatic rings. The Balaban J connectivity index is 2.70. The SMILES string of the molecule is CCCc1ncc(C(=O)NC)s1. The zero-order valence-electron chi connectivity index (χ0n) is 7.26. The van der Waals surface area contributed by atoms with E-state index in [4.69, 9.17) is 0 Å². The summed E-state index contributed by atoms with van der Waals surface area (Å²) >= 11 is 1.47. The van der Waals surface area contributed by atoms with E-state index in [0.29, 0.717) is 4.88 Å². The van der Waals surface area contributed by atoms with Crippen LogP contribution in [0.15, 0.2) is 6.20 Å². The minimum Gasteiger partial charge on any atom is -0.354 e. The Morgan fingerprint density at radius 1 is 1.75 bits per heavy atom. The van der Waals surface area contributed by atoms with Gasteiger partial charge in [0.15, 0.2) is 0 Å². The second-order valence-electron chi connectivity index (χ2n) is 2.45. The van der Waals surface area contributed by atoms with E-state index in [1.54, 1.807) is 13.2 Å². The normalized spacial score (nSPS) is 9.83. The molecule has 0 spiro atoms. The summed E-state index contributed by atoms with van der Waals surface area (Å²) in [5.74, 6) is -0.0464. The van der Waals surface area contributed by atoms with Crippen molar-refractivity contribution in [3.8, 4) is 0 Å². The molecule has 0 aliphatic heterocycles. The lowest BCUT2D eigenvalue weighted by Crippen LogP contribution is -2.16. The number of carbonyl (C=O) groups excluding carboxylic acids is 1. The molecular weight excluding hydrogens is 172 g/mol. The van der Waals surface area contributed by atoms with Gasteiger partial charge in [-0.05, 0) is 12.8 Å². The zero-order chi connectivity index (χ0) is 8.97. The first-order valence-corrected chi connectivity index (χ1v) is 4.76. The molecule has 0 unspecified atom stereocenters. The molecule has 0 fully saturated rings. The molecule has 12 heavy (non-hydrogen) atoms. The van der Waals surface area contributed by atoms with Gasteiger partial charge in [-0.2, -0.15) is 0 Å². The third-order valence-electron chi connectivity index (χ3n) is 1.47. The average molecular weight is 184 g/mol. The van der Waals surface area contributed by atoms with Crippen LogP contribution < -0.4 is 5.32 Å². The molecule has 1 rings (SSSR count). The quantitative estimate of drug-likeness (QED) is 0.772. The van der Waals surface area contributed by atoms with Crippen molar-refractivity contribution in [3.63, 3.8) is 0 Å². The van der Waals surface area contributed by atoms with Crippen molar-refractivity contribution in [1.82, 2.24) is 10.3 Å². The Labute approximate surface area is 75.8 Å². The molecule has 0 bridgehead atoms. The number of aryl methyl sites for hydroxylation is 1. The summed E-state index contributed by atoms with van der Waals surface area (Å²) in [5, 5.41) is 3.61. The number of hydrogen-bond acceptors (Lipinski definition) is 3. The van der Waals surface area contributed by atoms with E-state index in [9.17, 15) is 4.79 Å². The summed E-state index contributed by atoms with van der Waals surface area (Å²) in [7, 11) is 1.63. The molecule has 1 N–H and O–H groups in total. The lowest BCUT2D eigenvalue weighted by Gasteiger charge is -1.91. The maximum atomic E-state index is 11.1. The smallest absolute Gasteiger partial charge is 0.262 e. The van der Waals surface area contributed by atoms with Gasteiger partial charge in [0.05, 0.1) is 11.2 Å². The van der Waals surface area contributed by atoms with Crippen LogP contribution in [-0.4, -0.2) is 17.9 Å². The van der Waals surface area contributed by atoms with Crippen molar-refractivity contribution in [2.24, 2.45) is 0 Å². The molecule has 1 amide bonds. The topological polar surface area (TPSA) is 42.0 Å². The van der Waals surface area contributed by atoms with Gasteiger partial charge in [-0.15, -0.1) is 11.3 Å².